The Morgan fingerprint density at radius 3 is 2.33 bits per heavy atom. The molecule has 30 heavy (non-hydrogen) atoms. The average molecular weight is 411 g/mol. The normalized spacial score (nSPS) is 16.7. The maximum Gasteiger partial charge on any atom is 0.201 e. The summed E-state index contributed by atoms with van der Waals surface area (Å²) < 4.78 is 33.7. The standard InChI is InChI=1S/C27H32F2O/c1-3-7-20-10-12-21(13-11-20)8-5-6-9-22-14-16-23(17-15-22)24-18-19-25(30-4-2)27(29)26(24)28/h6,9-13,16,18-19,22H,3-5,7-8,14-15,17H2,1-2H3. The van der Waals surface area contributed by atoms with E-state index in [0.29, 0.717) is 18.1 Å². The van der Waals surface area contributed by atoms with Gasteiger partial charge in [-0.1, -0.05) is 55.8 Å². The molecule has 1 aliphatic rings. The first-order chi connectivity index (χ1) is 14.6. The van der Waals surface area contributed by atoms with Crippen LogP contribution in [0, 0.1) is 17.6 Å². The molecule has 1 atom stereocenters. The second kappa shape index (κ2) is 11.1. The van der Waals surface area contributed by atoms with E-state index in [4.69, 9.17) is 4.74 Å². The summed E-state index contributed by atoms with van der Waals surface area (Å²) in [6.45, 7) is 4.28. The largest absolute Gasteiger partial charge is 0.491 e. The number of hydrogen-bond acceptors (Lipinski definition) is 1. The number of ether oxygens (including phenoxy) is 1. The fraction of sp³-hybridized carbons (Fsp3) is 0.407. The van der Waals surface area contributed by atoms with E-state index in [9.17, 15) is 8.78 Å². The van der Waals surface area contributed by atoms with Crippen LogP contribution < -0.4 is 4.74 Å². The minimum absolute atomic E-state index is 0.0176. The molecule has 1 unspecified atom stereocenters. The van der Waals surface area contributed by atoms with Gasteiger partial charge >= 0.3 is 0 Å². The van der Waals surface area contributed by atoms with Crippen LogP contribution in [-0.2, 0) is 12.8 Å². The van der Waals surface area contributed by atoms with E-state index >= 15 is 0 Å². The molecule has 0 amide bonds. The van der Waals surface area contributed by atoms with Crippen LogP contribution in [-0.4, -0.2) is 6.61 Å². The first-order valence-corrected chi connectivity index (χ1v) is 11.2. The molecule has 2 aromatic rings. The molecule has 0 radical (unpaired) electrons. The van der Waals surface area contributed by atoms with Crippen molar-refractivity contribution in [1.82, 2.24) is 0 Å². The van der Waals surface area contributed by atoms with Crippen molar-refractivity contribution in [3.8, 4) is 5.75 Å². The van der Waals surface area contributed by atoms with Crippen molar-refractivity contribution in [2.75, 3.05) is 6.61 Å². The summed E-state index contributed by atoms with van der Waals surface area (Å²) >= 11 is 0. The monoisotopic (exact) mass is 410 g/mol. The van der Waals surface area contributed by atoms with Crippen LogP contribution >= 0.6 is 0 Å². The molecule has 0 N–H and O–H groups in total. The van der Waals surface area contributed by atoms with E-state index in [0.717, 1.165) is 44.1 Å². The number of allylic oxidation sites excluding steroid dienone is 4. The van der Waals surface area contributed by atoms with Gasteiger partial charge in [0.2, 0.25) is 5.82 Å². The zero-order valence-corrected chi connectivity index (χ0v) is 18.1. The van der Waals surface area contributed by atoms with Gasteiger partial charge in [-0.15, -0.1) is 0 Å². The van der Waals surface area contributed by atoms with Gasteiger partial charge in [0.05, 0.1) is 6.61 Å². The van der Waals surface area contributed by atoms with E-state index in [1.165, 1.54) is 23.6 Å². The minimum atomic E-state index is -0.889. The van der Waals surface area contributed by atoms with Crippen molar-refractivity contribution < 1.29 is 13.5 Å². The molecule has 0 spiro atoms. The molecule has 2 aromatic carbocycles. The van der Waals surface area contributed by atoms with E-state index in [-0.39, 0.29) is 5.75 Å². The molecule has 0 fully saturated rings. The first-order valence-electron chi connectivity index (χ1n) is 11.2. The lowest BCUT2D eigenvalue weighted by Gasteiger charge is -2.20. The Bertz CT molecular complexity index is 880. The third kappa shape index (κ3) is 5.81. The van der Waals surface area contributed by atoms with Gasteiger partial charge in [0, 0.05) is 5.56 Å². The molecular weight excluding hydrogens is 378 g/mol. The number of hydrogen-bond donors (Lipinski definition) is 0. The Labute approximate surface area is 179 Å². The van der Waals surface area contributed by atoms with Gasteiger partial charge in [-0.05, 0) is 80.2 Å². The Balaban J connectivity index is 1.51. The number of rotatable bonds is 9. The summed E-state index contributed by atoms with van der Waals surface area (Å²) in [5, 5.41) is 0. The third-order valence-corrected chi connectivity index (χ3v) is 5.71. The molecule has 3 heteroatoms. The van der Waals surface area contributed by atoms with Gasteiger partial charge < -0.3 is 4.74 Å². The maximum atomic E-state index is 14.4. The zero-order valence-electron chi connectivity index (χ0n) is 18.1. The molecule has 0 aliphatic heterocycles. The lowest BCUT2D eigenvalue weighted by atomic mass is 9.86. The summed E-state index contributed by atoms with van der Waals surface area (Å²) in [7, 11) is 0. The summed E-state index contributed by atoms with van der Waals surface area (Å²) in [5.41, 5.74) is 4.04. The van der Waals surface area contributed by atoms with Gasteiger partial charge in [-0.25, -0.2) is 4.39 Å². The number of aryl methyl sites for hydroxylation is 2. The van der Waals surface area contributed by atoms with E-state index < -0.39 is 11.6 Å². The molecule has 0 aromatic heterocycles. The summed E-state index contributed by atoms with van der Waals surface area (Å²) in [6.07, 6.45) is 13.6. The smallest absolute Gasteiger partial charge is 0.201 e. The Kier molecular flexibility index (Phi) is 8.24. The fourth-order valence-corrected chi connectivity index (χ4v) is 4.02. The van der Waals surface area contributed by atoms with Crippen molar-refractivity contribution in [2.45, 2.75) is 58.8 Å². The van der Waals surface area contributed by atoms with Crippen LogP contribution in [0.4, 0.5) is 8.78 Å². The Hall–Kier alpha value is -2.42. The van der Waals surface area contributed by atoms with Crippen LogP contribution in [0.15, 0.2) is 54.6 Å². The van der Waals surface area contributed by atoms with E-state index in [1.807, 2.05) is 0 Å². The van der Waals surface area contributed by atoms with Crippen LogP contribution in [0.25, 0.3) is 5.57 Å². The molecule has 0 saturated heterocycles. The lowest BCUT2D eigenvalue weighted by Crippen LogP contribution is -2.05. The lowest BCUT2D eigenvalue weighted by molar-refractivity contribution is 0.314. The van der Waals surface area contributed by atoms with Crippen LogP contribution in [0.2, 0.25) is 0 Å². The van der Waals surface area contributed by atoms with E-state index in [2.05, 4.69) is 49.4 Å². The SMILES string of the molecule is CCCc1ccc(CCC=CC2CC=C(c3ccc(OCC)c(F)c3F)CC2)cc1. The Morgan fingerprint density at radius 1 is 0.967 bits per heavy atom. The maximum absolute atomic E-state index is 14.4. The molecule has 0 heterocycles. The quantitative estimate of drug-likeness (QED) is 0.385. The highest BCUT2D eigenvalue weighted by molar-refractivity contribution is 5.67. The highest BCUT2D eigenvalue weighted by atomic mass is 19.2. The second-order valence-electron chi connectivity index (χ2n) is 7.97. The van der Waals surface area contributed by atoms with Gasteiger partial charge in [0.1, 0.15) is 0 Å². The molecule has 3 rings (SSSR count). The zero-order chi connectivity index (χ0) is 21.3. The second-order valence-corrected chi connectivity index (χ2v) is 7.97. The molecule has 1 aliphatic carbocycles. The van der Waals surface area contributed by atoms with Gasteiger partial charge in [-0.3, -0.25) is 0 Å². The van der Waals surface area contributed by atoms with Crippen molar-refractivity contribution in [3.05, 3.63) is 83.0 Å². The molecular formula is C27H32F2O. The van der Waals surface area contributed by atoms with Crippen molar-refractivity contribution in [2.24, 2.45) is 5.92 Å². The molecule has 160 valence electrons. The highest BCUT2D eigenvalue weighted by Crippen LogP contribution is 2.34. The van der Waals surface area contributed by atoms with Gasteiger partial charge in [0.15, 0.2) is 11.6 Å². The fourth-order valence-electron chi connectivity index (χ4n) is 4.02. The Morgan fingerprint density at radius 2 is 1.70 bits per heavy atom. The van der Waals surface area contributed by atoms with Crippen LogP contribution in [0.1, 0.15) is 62.6 Å². The van der Waals surface area contributed by atoms with Crippen LogP contribution in [0.3, 0.4) is 0 Å². The molecule has 0 saturated carbocycles. The number of benzene rings is 2. The average Bonchev–Trinajstić information content (AvgIpc) is 2.77. The molecule has 0 bridgehead atoms. The summed E-state index contributed by atoms with van der Waals surface area (Å²) in [5.74, 6) is -1.24. The highest BCUT2D eigenvalue weighted by Gasteiger charge is 2.20. The minimum Gasteiger partial charge on any atom is -0.491 e. The van der Waals surface area contributed by atoms with Gasteiger partial charge in [0.25, 0.3) is 0 Å². The van der Waals surface area contributed by atoms with Gasteiger partial charge in [-0.2, -0.15) is 4.39 Å². The van der Waals surface area contributed by atoms with Crippen molar-refractivity contribution >= 4 is 5.57 Å². The summed E-state index contributed by atoms with van der Waals surface area (Å²) in [4.78, 5) is 0. The third-order valence-electron chi connectivity index (χ3n) is 5.71. The first kappa shape index (κ1) is 22.3. The predicted molar refractivity (Wildman–Crippen MR) is 121 cm³/mol. The summed E-state index contributed by atoms with van der Waals surface area (Å²) in [6, 6.07) is 12.1. The van der Waals surface area contributed by atoms with Crippen molar-refractivity contribution in [3.63, 3.8) is 0 Å². The van der Waals surface area contributed by atoms with Crippen molar-refractivity contribution in [1.29, 1.82) is 0 Å². The predicted octanol–water partition coefficient (Wildman–Crippen LogP) is 7.69. The molecule has 1 nitrogen and oxygen atoms in total. The van der Waals surface area contributed by atoms with Crippen LogP contribution in [0.5, 0.6) is 5.75 Å². The topological polar surface area (TPSA) is 9.23 Å². The number of halogens is 2. The van der Waals surface area contributed by atoms with E-state index in [1.54, 1.807) is 13.0 Å².